The molecule has 0 unspecified atom stereocenters. The molecule has 4 aromatic rings. The van der Waals surface area contributed by atoms with Gasteiger partial charge in [-0.25, -0.2) is 9.97 Å². The molecule has 0 atom stereocenters. The Kier molecular flexibility index (Phi) is 5.99. The lowest BCUT2D eigenvalue weighted by Crippen LogP contribution is -2.10. The quantitative estimate of drug-likeness (QED) is 0.239. The number of hydrogen-bond donors (Lipinski definition) is 0. The van der Waals surface area contributed by atoms with E-state index in [1.54, 1.807) is 17.7 Å². The number of aromatic nitrogens is 2. The Morgan fingerprint density at radius 2 is 1.75 bits per heavy atom. The number of rotatable bonds is 7. The van der Waals surface area contributed by atoms with E-state index in [0.717, 1.165) is 38.4 Å². The van der Waals surface area contributed by atoms with Gasteiger partial charge in [-0.15, -0.1) is 11.3 Å². The Hall–Kier alpha value is -2.70. The predicted molar refractivity (Wildman–Crippen MR) is 115 cm³/mol. The van der Waals surface area contributed by atoms with E-state index < -0.39 is 0 Å². The van der Waals surface area contributed by atoms with E-state index in [9.17, 15) is 4.79 Å². The zero-order valence-electron chi connectivity index (χ0n) is 15.1. The van der Waals surface area contributed by atoms with Crippen molar-refractivity contribution in [2.75, 3.05) is 12.4 Å². The molecule has 2 heterocycles. The zero-order chi connectivity index (χ0) is 19.2. The average molecular weight is 407 g/mol. The van der Waals surface area contributed by atoms with Crippen molar-refractivity contribution in [3.63, 3.8) is 0 Å². The molecule has 0 amide bonds. The fourth-order valence-electron chi connectivity index (χ4n) is 2.88. The highest BCUT2D eigenvalue weighted by Gasteiger charge is 2.15. The van der Waals surface area contributed by atoms with E-state index in [1.165, 1.54) is 11.8 Å². The number of benzene rings is 2. The topological polar surface area (TPSA) is 52.1 Å². The maximum atomic E-state index is 12.2. The van der Waals surface area contributed by atoms with Crippen LogP contribution >= 0.6 is 23.1 Å². The Labute approximate surface area is 171 Å². The van der Waals surface area contributed by atoms with Crippen molar-refractivity contribution >= 4 is 39.3 Å². The van der Waals surface area contributed by atoms with Crippen LogP contribution in [0.25, 0.3) is 21.3 Å². The van der Waals surface area contributed by atoms with Gasteiger partial charge in [0.25, 0.3) is 0 Å². The molecule has 28 heavy (non-hydrogen) atoms. The minimum atomic E-state index is -0.232. The van der Waals surface area contributed by atoms with Crippen LogP contribution in [0, 0.1) is 0 Å². The number of thioether (sulfide) groups is 1. The van der Waals surface area contributed by atoms with E-state index in [0.29, 0.717) is 6.61 Å². The van der Waals surface area contributed by atoms with E-state index in [2.05, 4.69) is 27.5 Å². The third kappa shape index (κ3) is 4.40. The lowest BCUT2D eigenvalue weighted by atomic mass is 10.1. The first kappa shape index (κ1) is 18.7. The van der Waals surface area contributed by atoms with Crippen molar-refractivity contribution < 1.29 is 9.53 Å². The normalized spacial score (nSPS) is 10.9. The van der Waals surface area contributed by atoms with E-state index >= 15 is 0 Å². The van der Waals surface area contributed by atoms with Gasteiger partial charge in [0.2, 0.25) is 0 Å². The maximum Gasteiger partial charge on any atom is 0.316 e. The Morgan fingerprint density at radius 3 is 2.54 bits per heavy atom. The molecule has 2 aromatic carbocycles. The summed E-state index contributed by atoms with van der Waals surface area (Å²) in [5, 5.41) is 3.91. The molecular formula is C22H18N2O2S2. The van der Waals surface area contributed by atoms with Crippen LogP contribution in [0.2, 0.25) is 0 Å². The molecule has 4 nitrogen and oxygen atoms in total. The van der Waals surface area contributed by atoms with E-state index in [4.69, 9.17) is 4.74 Å². The molecular weight excluding hydrogens is 388 g/mol. The van der Waals surface area contributed by atoms with Crippen molar-refractivity contribution in [1.29, 1.82) is 0 Å². The van der Waals surface area contributed by atoms with E-state index in [-0.39, 0.29) is 11.7 Å². The molecule has 0 spiro atoms. The summed E-state index contributed by atoms with van der Waals surface area (Å²) in [6, 6.07) is 20.2. The molecule has 0 saturated heterocycles. The average Bonchev–Trinajstić information content (AvgIpc) is 3.18. The number of carbonyl (C=O) groups is 1. The highest BCUT2D eigenvalue weighted by Crippen LogP contribution is 2.37. The number of thiophene rings is 1. The standard InChI is InChI=1S/C22H18N2O2S2/c25-19(26-12-11-16-7-3-1-4-8-16)14-28-22-20-18(17-9-5-2-6-10-17)13-27-21(20)23-15-24-22/h1-10,13,15H,11-12,14H2. The fourth-order valence-corrected chi connectivity index (χ4v) is 4.67. The Bertz CT molecular complexity index is 1070. The summed E-state index contributed by atoms with van der Waals surface area (Å²) < 4.78 is 5.38. The van der Waals surface area contributed by atoms with Gasteiger partial charge in [-0.05, 0) is 11.1 Å². The smallest absolute Gasteiger partial charge is 0.316 e. The molecule has 0 bridgehead atoms. The molecule has 0 N–H and O–H groups in total. The van der Waals surface area contributed by atoms with Crippen LogP contribution < -0.4 is 0 Å². The highest BCUT2D eigenvalue weighted by molar-refractivity contribution is 8.00. The molecule has 0 aliphatic carbocycles. The highest BCUT2D eigenvalue weighted by atomic mass is 32.2. The number of esters is 1. The van der Waals surface area contributed by atoms with Crippen LogP contribution in [0.4, 0.5) is 0 Å². The van der Waals surface area contributed by atoms with E-state index in [1.807, 2.05) is 48.5 Å². The van der Waals surface area contributed by atoms with Crippen molar-refractivity contribution in [3.05, 3.63) is 77.9 Å². The summed E-state index contributed by atoms with van der Waals surface area (Å²) in [5.74, 6) is -0.00507. The van der Waals surface area contributed by atoms with Gasteiger partial charge in [-0.1, -0.05) is 72.4 Å². The van der Waals surface area contributed by atoms with Gasteiger partial charge in [0, 0.05) is 17.4 Å². The number of carbonyl (C=O) groups excluding carboxylic acids is 1. The van der Waals surface area contributed by atoms with Crippen LogP contribution in [-0.2, 0) is 16.0 Å². The molecule has 0 fully saturated rings. The molecule has 4 rings (SSSR count). The van der Waals surface area contributed by atoms with Gasteiger partial charge < -0.3 is 4.74 Å². The fraction of sp³-hybridized carbons (Fsp3) is 0.136. The summed E-state index contributed by atoms with van der Waals surface area (Å²) in [5.41, 5.74) is 3.38. The van der Waals surface area contributed by atoms with Crippen LogP contribution in [-0.4, -0.2) is 28.3 Å². The largest absolute Gasteiger partial charge is 0.465 e. The van der Waals surface area contributed by atoms with Gasteiger partial charge in [0.1, 0.15) is 16.2 Å². The summed E-state index contributed by atoms with van der Waals surface area (Å²) in [7, 11) is 0. The van der Waals surface area contributed by atoms with Gasteiger partial charge in [0.05, 0.1) is 17.7 Å². The second-order valence-corrected chi connectivity index (χ2v) is 7.94. The van der Waals surface area contributed by atoms with Crippen molar-refractivity contribution in [2.45, 2.75) is 11.4 Å². The number of hydrogen-bond acceptors (Lipinski definition) is 6. The second kappa shape index (κ2) is 8.99. The number of ether oxygens (including phenoxy) is 1. The zero-order valence-corrected chi connectivity index (χ0v) is 16.7. The van der Waals surface area contributed by atoms with Crippen LogP contribution in [0.15, 0.2) is 77.4 Å². The van der Waals surface area contributed by atoms with Gasteiger partial charge in [-0.2, -0.15) is 0 Å². The Morgan fingerprint density at radius 1 is 1.00 bits per heavy atom. The van der Waals surface area contributed by atoms with Gasteiger partial charge >= 0.3 is 5.97 Å². The summed E-state index contributed by atoms with van der Waals surface area (Å²) in [6.07, 6.45) is 2.27. The predicted octanol–water partition coefficient (Wildman–Crippen LogP) is 5.24. The third-order valence-corrected chi connectivity index (χ3v) is 6.09. The molecule has 0 radical (unpaired) electrons. The minimum Gasteiger partial charge on any atom is -0.465 e. The van der Waals surface area contributed by atoms with Crippen molar-refractivity contribution in [2.24, 2.45) is 0 Å². The van der Waals surface area contributed by atoms with Crippen molar-refractivity contribution in [1.82, 2.24) is 9.97 Å². The lowest BCUT2D eigenvalue weighted by Gasteiger charge is -2.06. The second-order valence-electron chi connectivity index (χ2n) is 6.12. The first-order chi connectivity index (χ1) is 13.8. The lowest BCUT2D eigenvalue weighted by molar-refractivity contribution is -0.140. The van der Waals surface area contributed by atoms with Crippen molar-refractivity contribution in [3.8, 4) is 11.1 Å². The summed E-state index contributed by atoms with van der Waals surface area (Å²) in [4.78, 5) is 21.9. The summed E-state index contributed by atoms with van der Waals surface area (Å²) in [6.45, 7) is 0.385. The molecule has 0 saturated carbocycles. The van der Waals surface area contributed by atoms with Gasteiger partial charge in [0.15, 0.2) is 0 Å². The van der Waals surface area contributed by atoms with Crippen LogP contribution in [0.5, 0.6) is 0 Å². The van der Waals surface area contributed by atoms with Crippen LogP contribution in [0.3, 0.4) is 0 Å². The molecule has 6 heteroatoms. The molecule has 2 aromatic heterocycles. The molecule has 140 valence electrons. The SMILES string of the molecule is O=C(CSc1ncnc2scc(-c3ccccc3)c12)OCCc1ccccc1. The van der Waals surface area contributed by atoms with Crippen LogP contribution in [0.1, 0.15) is 5.56 Å². The minimum absolute atomic E-state index is 0.227. The third-order valence-electron chi connectivity index (χ3n) is 4.24. The Balaban J connectivity index is 1.42. The molecule has 0 aliphatic heterocycles. The molecule has 0 aliphatic rings. The first-order valence-corrected chi connectivity index (χ1v) is 10.8. The maximum absolute atomic E-state index is 12.2. The first-order valence-electron chi connectivity index (χ1n) is 8.91. The monoisotopic (exact) mass is 406 g/mol. The summed E-state index contributed by atoms with van der Waals surface area (Å²) >= 11 is 2.99. The number of fused-ring (bicyclic) bond motifs is 1. The number of nitrogens with zero attached hydrogens (tertiary/aromatic N) is 2. The van der Waals surface area contributed by atoms with Gasteiger partial charge in [-0.3, -0.25) is 4.79 Å².